The summed E-state index contributed by atoms with van der Waals surface area (Å²) in [6.07, 6.45) is 0. The van der Waals surface area contributed by atoms with Crippen molar-refractivity contribution >= 4 is 25.2 Å². The lowest BCUT2D eigenvalue weighted by atomic mass is 9.72. The second kappa shape index (κ2) is 7.75. The van der Waals surface area contributed by atoms with Crippen LogP contribution in [0.25, 0.3) is 22.3 Å². The minimum Gasteiger partial charge on any atom is -0.532 e. The molecule has 2 N–H and O–H groups in total. The molecular weight excluding hydrogens is 374 g/mol. The monoisotopic (exact) mass is 392 g/mol. The van der Waals surface area contributed by atoms with Gasteiger partial charge in [0.15, 0.2) is 0 Å². The van der Waals surface area contributed by atoms with E-state index >= 15 is 0 Å². The molecule has 0 saturated carbocycles. The molecule has 2 heterocycles. The molecule has 4 aromatic rings. The summed E-state index contributed by atoms with van der Waals surface area (Å²) in [5.74, 6) is 1.48. The van der Waals surface area contributed by atoms with E-state index in [1.165, 1.54) is 0 Å². The van der Waals surface area contributed by atoms with Crippen molar-refractivity contribution in [2.75, 3.05) is 0 Å². The maximum atomic E-state index is 9.79. The molecule has 4 aromatic carbocycles. The summed E-state index contributed by atoms with van der Waals surface area (Å²) in [6, 6.07) is 31.0. The minimum absolute atomic E-state index is 0.740. The molecule has 0 fully saturated rings. The molecule has 2 aliphatic rings. The molecule has 0 bridgehead atoms. The number of benzene rings is 4. The van der Waals surface area contributed by atoms with Crippen molar-refractivity contribution in [2.24, 2.45) is 0 Å². The third-order valence-corrected chi connectivity index (χ3v) is 5.29. The second-order valence-corrected chi connectivity index (χ2v) is 7.11. The average Bonchev–Trinajstić information content (AvgIpc) is 2.80. The Bertz CT molecular complexity index is 1120. The first-order valence-electron chi connectivity index (χ1n) is 9.78. The Hall–Kier alpha value is -3.47. The van der Waals surface area contributed by atoms with Gasteiger partial charge in [0.05, 0.1) is 0 Å². The van der Waals surface area contributed by atoms with Crippen molar-refractivity contribution in [3.63, 3.8) is 0 Å². The number of hydrogen-bond donors (Lipinski definition) is 2. The molecule has 0 saturated heterocycles. The lowest BCUT2D eigenvalue weighted by molar-refractivity contribution is 0.430. The van der Waals surface area contributed by atoms with Gasteiger partial charge in [0.1, 0.15) is 11.5 Å². The van der Waals surface area contributed by atoms with E-state index in [-0.39, 0.29) is 0 Å². The van der Waals surface area contributed by atoms with Gasteiger partial charge in [-0.2, -0.15) is 0 Å². The largest absolute Gasteiger partial charge is 0.560 e. The summed E-state index contributed by atoms with van der Waals surface area (Å²) in [4.78, 5) is 0. The van der Waals surface area contributed by atoms with E-state index in [1.54, 1.807) is 0 Å². The molecule has 0 spiro atoms. The first-order valence-corrected chi connectivity index (χ1v) is 9.78. The van der Waals surface area contributed by atoms with Gasteiger partial charge < -0.3 is 19.4 Å². The molecule has 0 amide bonds. The zero-order valence-corrected chi connectivity index (χ0v) is 16.1. The third kappa shape index (κ3) is 3.26. The summed E-state index contributed by atoms with van der Waals surface area (Å²) < 4.78 is 10.8. The van der Waals surface area contributed by atoms with Crippen LogP contribution in [0.4, 0.5) is 0 Å². The first kappa shape index (κ1) is 18.6. The molecule has 0 aromatic heterocycles. The van der Waals surface area contributed by atoms with Crippen LogP contribution in [0.5, 0.6) is 11.5 Å². The topological polar surface area (TPSA) is 58.9 Å². The van der Waals surface area contributed by atoms with E-state index in [1.807, 2.05) is 97.1 Å². The summed E-state index contributed by atoms with van der Waals surface area (Å²) in [5, 5.41) is 19.6. The number of fused-ring (bicyclic) bond motifs is 6. The van der Waals surface area contributed by atoms with Gasteiger partial charge in [-0.3, -0.25) is 0 Å². The summed E-state index contributed by atoms with van der Waals surface area (Å²) in [5.41, 5.74) is 5.84. The Labute approximate surface area is 175 Å². The van der Waals surface area contributed by atoms with Gasteiger partial charge in [0.25, 0.3) is 0 Å². The summed E-state index contributed by atoms with van der Waals surface area (Å²) in [6.45, 7) is 0. The van der Waals surface area contributed by atoms with Gasteiger partial charge in [0.2, 0.25) is 0 Å². The molecule has 6 heteroatoms. The number of hydrogen-bond acceptors (Lipinski definition) is 4. The van der Waals surface area contributed by atoms with Crippen LogP contribution in [0.15, 0.2) is 97.1 Å². The molecule has 0 unspecified atom stereocenters. The lowest BCUT2D eigenvalue weighted by Crippen LogP contribution is -2.40. The highest BCUT2D eigenvalue weighted by Crippen LogP contribution is 2.33. The molecular formula is C24H18B2O4. The van der Waals surface area contributed by atoms with Crippen LogP contribution in [0.2, 0.25) is 0 Å². The maximum Gasteiger partial charge on any atom is 0.560 e. The lowest BCUT2D eigenvalue weighted by Gasteiger charge is -2.22. The van der Waals surface area contributed by atoms with Gasteiger partial charge in [-0.15, -0.1) is 0 Å². The minimum atomic E-state index is -0.851. The van der Waals surface area contributed by atoms with Crippen molar-refractivity contribution in [2.45, 2.75) is 0 Å². The van der Waals surface area contributed by atoms with Crippen molar-refractivity contribution in [1.29, 1.82) is 0 Å². The Kier molecular flexibility index (Phi) is 4.79. The highest BCUT2D eigenvalue weighted by atomic mass is 16.5. The number of rotatable bonds is 0. The van der Waals surface area contributed by atoms with Crippen LogP contribution in [0.1, 0.15) is 0 Å². The van der Waals surface area contributed by atoms with E-state index in [2.05, 4.69) is 0 Å². The number of para-hydroxylation sites is 2. The fourth-order valence-electron chi connectivity index (χ4n) is 3.87. The average molecular weight is 392 g/mol. The molecule has 0 aliphatic carbocycles. The molecule has 144 valence electrons. The standard InChI is InChI=1S/2C12H9BO2/c2*14-13-11-7-3-1-5-9(11)10-6-2-4-8-12(10)15-13/h2*1-8,14H. The van der Waals surface area contributed by atoms with Crippen molar-refractivity contribution in [3.05, 3.63) is 97.1 Å². The zero-order valence-electron chi connectivity index (χ0n) is 16.1. The molecule has 0 radical (unpaired) electrons. The molecule has 30 heavy (non-hydrogen) atoms. The molecule has 4 nitrogen and oxygen atoms in total. The van der Waals surface area contributed by atoms with Crippen LogP contribution in [0.3, 0.4) is 0 Å². The van der Waals surface area contributed by atoms with Crippen LogP contribution in [-0.4, -0.2) is 24.3 Å². The predicted molar refractivity (Wildman–Crippen MR) is 120 cm³/mol. The fraction of sp³-hybridized carbons (Fsp3) is 0. The molecule has 6 rings (SSSR count). The Morgan fingerprint density at radius 1 is 0.433 bits per heavy atom. The zero-order chi connectivity index (χ0) is 20.5. The first-order chi connectivity index (χ1) is 14.7. The van der Waals surface area contributed by atoms with Gasteiger partial charge in [0, 0.05) is 22.1 Å². The second-order valence-electron chi connectivity index (χ2n) is 7.11. The van der Waals surface area contributed by atoms with Crippen molar-refractivity contribution in [3.8, 4) is 33.8 Å². The van der Waals surface area contributed by atoms with Gasteiger partial charge in [-0.1, -0.05) is 84.9 Å². The molecule has 2 aliphatic heterocycles. The van der Waals surface area contributed by atoms with E-state index in [4.69, 9.17) is 9.31 Å². The van der Waals surface area contributed by atoms with E-state index in [0.717, 1.165) is 44.7 Å². The normalized spacial score (nSPS) is 12.7. The van der Waals surface area contributed by atoms with Crippen LogP contribution in [-0.2, 0) is 0 Å². The van der Waals surface area contributed by atoms with Gasteiger partial charge in [-0.25, -0.2) is 0 Å². The fourth-order valence-corrected chi connectivity index (χ4v) is 3.87. The van der Waals surface area contributed by atoms with Gasteiger partial charge >= 0.3 is 14.2 Å². The van der Waals surface area contributed by atoms with E-state index in [9.17, 15) is 10.0 Å². The third-order valence-electron chi connectivity index (χ3n) is 5.29. The van der Waals surface area contributed by atoms with Crippen LogP contribution < -0.4 is 20.2 Å². The van der Waals surface area contributed by atoms with Gasteiger partial charge in [-0.05, 0) is 23.3 Å². The van der Waals surface area contributed by atoms with E-state index < -0.39 is 14.2 Å². The summed E-state index contributed by atoms with van der Waals surface area (Å²) in [7, 11) is -1.70. The smallest absolute Gasteiger partial charge is 0.532 e. The van der Waals surface area contributed by atoms with E-state index in [0.29, 0.717) is 0 Å². The molecule has 0 atom stereocenters. The van der Waals surface area contributed by atoms with Crippen molar-refractivity contribution < 1.29 is 19.4 Å². The van der Waals surface area contributed by atoms with Crippen LogP contribution in [0, 0.1) is 0 Å². The summed E-state index contributed by atoms with van der Waals surface area (Å²) >= 11 is 0. The van der Waals surface area contributed by atoms with Crippen molar-refractivity contribution in [1.82, 2.24) is 0 Å². The highest BCUT2D eigenvalue weighted by molar-refractivity contribution is 6.64. The highest BCUT2D eigenvalue weighted by Gasteiger charge is 2.30. The Morgan fingerprint density at radius 2 is 0.767 bits per heavy atom. The Balaban J connectivity index is 0.000000128. The maximum absolute atomic E-state index is 9.79. The quantitative estimate of drug-likeness (QED) is 0.452. The predicted octanol–water partition coefficient (Wildman–Crippen LogP) is 2.87. The SMILES string of the molecule is OB1Oc2ccccc2-c2ccccc21.OB1Oc2ccccc2-c2ccccc21. The Morgan fingerprint density at radius 3 is 1.20 bits per heavy atom. The van der Waals surface area contributed by atoms with Crippen LogP contribution >= 0.6 is 0 Å².